The van der Waals surface area contributed by atoms with Crippen molar-refractivity contribution in [3.8, 4) is 11.4 Å². The van der Waals surface area contributed by atoms with Gasteiger partial charge in [-0.3, -0.25) is 10.1 Å². The van der Waals surface area contributed by atoms with Crippen LogP contribution in [0.4, 0.5) is 18.0 Å². The lowest BCUT2D eigenvalue weighted by atomic mass is 10.3. The van der Waals surface area contributed by atoms with Gasteiger partial charge in [0, 0.05) is 0 Å². The van der Waals surface area contributed by atoms with Crippen molar-refractivity contribution in [3.05, 3.63) is 24.3 Å². The molecule has 0 bridgehead atoms. The summed E-state index contributed by atoms with van der Waals surface area (Å²) in [6.45, 7) is 1.50. The van der Waals surface area contributed by atoms with E-state index in [2.05, 4.69) is 20.3 Å². The van der Waals surface area contributed by atoms with Crippen LogP contribution in [0.3, 0.4) is 0 Å². The molecule has 0 aliphatic heterocycles. The highest BCUT2D eigenvalue weighted by Crippen LogP contribution is 2.26. The van der Waals surface area contributed by atoms with E-state index in [1.807, 2.05) is 5.32 Å². The summed E-state index contributed by atoms with van der Waals surface area (Å²) in [6.07, 6.45) is -4.79. The molecule has 3 N–H and O–H groups in total. The Morgan fingerprint density at radius 2 is 1.96 bits per heavy atom. The third-order valence-electron chi connectivity index (χ3n) is 2.65. The molecule has 0 fully saturated rings. The number of hydrogen-bond acceptors (Lipinski definition) is 7. The molecular formula is C12H11F3N6O3S. The van der Waals surface area contributed by atoms with Crippen LogP contribution in [0.15, 0.2) is 29.4 Å². The van der Waals surface area contributed by atoms with Gasteiger partial charge in [-0.15, -0.1) is 18.3 Å². The molecule has 2 aromatic rings. The van der Waals surface area contributed by atoms with Gasteiger partial charge in [-0.05, 0) is 41.6 Å². The van der Waals surface area contributed by atoms with E-state index in [1.165, 1.54) is 23.7 Å². The second-order valence-corrected chi connectivity index (χ2v) is 5.84. The summed E-state index contributed by atoms with van der Waals surface area (Å²) in [4.78, 5) is 22.4. The lowest BCUT2D eigenvalue weighted by Gasteiger charge is -2.11. The molecule has 134 valence electrons. The number of aromatic nitrogens is 4. The molecule has 3 amide bonds. The molecule has 0 saturated heterocycles. The van der Waals surface area contributed by atoms with Crippen LogP contribution >= 0.6 is 11.8 Å². The highest BCUT2D eigenvalue weighted by atomic mass is 32.2. The Hall–Kier alpha value is -2.83. The predicted octanol–water partition coefficient (Wildman–Crippen LogP) is 1.24. The van der Waals surface area contributed by atoms with Crippen molar-refractivity contribution < 1.29 is 27.5 Å². The molecule has 1 atom stereocenters. The highest BCUT2D eigenvalue weighted by Gasteiger charge is 2.31. The maximum absolute atomic E-state index is 12.2. The van der Waals surface area contributed by atoms with Crippen LogP contribution in [0.1, 0.15) is 6.92 Å². The number of ether oxygens (including phenoxy) is 1. The molecule has 1 unspecified atom stereocenters. The summed E-state index contributed by atoms with van der Waals surface area (Å²) in [5.74, 6) is -1.03. The first-order valence-corrected chi connectivity index (χ1v) is 7.45. The van der Waals surface area contributed by atoms with Crippen LogP contribution in [0.2, 0.25) is 0 Å². The van der Waals surface area contributed by atoms with Crippen LogP contribution in [0.5, 0.6) is 5.75 Å². The van der Waals surface area contributed by atoms with Gasteiger partial charge in [0.2, 0.25) is 11.1 Å². The largest absolute Gasteiger partial charge is 0.573 e. The van der Waals surface area contributed by atoms with Gasteiger partial charge in [0.05, 0.1) is 10.9 Å². The van der Waals surface area contributed by atoms with Crippen molar-refractivity contribution >= 4 is 23.7 Å². The van der Waals surface area contributed by atoms with E-state index in [1.54, 1.807) is 0 Å². The SMILES string of the molecule is CC(Sc1nnnn1-c1ccc(OC(F)(F)F)cc1)C(=O)NC(N)=O. The van der Waals surface area contributed by atoms with E-state index >= 15 is 0 Å². The van der Waals surface area contributed by atoms with E-state index < -0.39 is 29.3 Å². The fourth-order valence-corrected chi connectivity index (χ4v) is 2.45. The zero-order valence-electron chi connectivity index (χ0n) is 12.5. The molecule has 1 aromatic heterocycles. The number of alkyl halides is 3. The van der Waals surface area contributed by atoms with Gasteiger partial charge in [-0.25, -0.2) is 4.79 Å². The fraction of sp³-hybridized carbons (Fsp3) is 0.250. The van der Waals surface area contributed by atoms with E-state index in [-0.39, 0.29) is 5.16 Å². The van der Waals surface area contributed by atoms with Gasteiger partial charge >= 0.3 is 12.4 Å². The Morgan fingerprint density at radius 1 is 1.32 bits per heavy atom. The monoisotopic (exact) mass is 376 g/mol. The molecule has 0 aliphatic carbocycles. The molecule has 0 saturated carbocycles. The first kappa shape index (κ1) is 18.5. The molecule has 9 nitrogen and oxygen atoms in total. The Bertz CT molecular complexity index is 764. The molecule has 1 heterocycles. The smallest absolute Gasteiger partial charge is 0.406 e. The number of nitrogens with one attached hydrogen (secondary N) is 1. The third kappa shape index (κ3) is 5.34. The summed E-state index contributed by atoms with van der Waals surface area (Å²) in [6, 6.07) is 3.84. The number of thioether (sulfide) groups is 1. The van der Waals surface area contributed by atoms with Crippen molar-refractivity contribution in [2.75, 3.05) is 0 Å². The Labute approximate surface area is 142 Å². The lowest BCUT2D eigenvalue weighted by Crippen LogP contribution is -2.39. The van der Waals surface area contributed by atoms with Gasteiger partial charge in [0.1, 0.15) is 5.75 Å². The molecular weight excluding hydrogens is 365 g/mol. The van der Waals surface area contributed by atoms with Crippen LogP contribution < -0.4 is 15.8 Å². The zero-order chi connectivity index (χ0) is 18.6. The van der Waals surface area contributed by atoms with E-state index in [4.69, 9.17) is 5.73 Å². The van der Waals surface area contributed by atoms with E-state index in [0.717, 1.165) is 23.9 Å². The molecule has 25 heavy (non-hydrogen) atoms. The number of carbonyl (C=O) groups is 2. The molecule has 13 heteroatoms. The molecule has 0 aliphatic rings. The number of urea groups is 1. The van der Waals surface area contributed by atoms with Crippen molar-refractivity contribution in [3.63, 3.8) is 0 Å². The fourth-order valence-electron chi connectivity index (χ4n) is 1.64. The van der Waals surface area contributed by atoms with Gasteiger partial charge in [-0.1, -0.05) is 11.8 Å². The number of carbonyl (C=O) groups excluding carboxylic acids is 2. The van der Waals surface area contributed by atoms with Gasteiger partial charge in [0.15, 0.2) is 0 Å². The van der Waals surface area contributed by atoms with Crippen LogP contribution in [0.25, 0.3) is 5.69 Å². The highest BCUT2D eigenvalue weighted by molar-refractivity contribution is 8.00. The molecule has 2 rings (SSSR count). The van der Waals surface area contributed by atoms with E-state index in [9.17, 15) is 22.8 Å². The van der Waals surface area contributed by atoms with E-state index in [0.29, 0.717) is 5.69 Å². The Morgan fingerprint density at radius 3 is 2.52 bits per heavy atom. The second-order valence-electron chi connectivity index (χ2n) is 4.53. The quantitative estimate of drug-likeness (QED) is 0.752. The number of nitrogens with zero attached hydrogens (tertiary/aromatic N) is 4. The minimum Gasteiger partial charge on any atom is -0.406 e. The number of hydrogen-bond donors (Lipinski definition) is 2. The first-order valence-electron chi connectivity index (χ1n) is 6.57. The van der Waals surface area contributed by atoms with Gasteiger partial charge in [-0.2, -0.15) is 4.68 Å². The molecule has 1 aromatic carbocycles. The average molecular weight is 376 g/mol. The van der Waals surface area contributed by atoms with Gasteiger partial charge in [0.25, 0.3) is 0 Å². The number of tetrazole rings is 1. The lowest BCUT2D eigenvalue weighted by molar-refractivity contribution is -0.274. The summed E-state index contributed by atoms with van der Waals surface area (Å²) in [5.41, 5.74) is 5.22. The summed E-state index contributed by atoms with van der Waals surface area (Å²) in [5, 5.41) is 12.3. The topological polar surface area (TPSA) is 125 Å². The number of primary amides is 1. The normalized spacial score (nSPS) is 12.5. The number of imide groups is 1. The summed E-state index contributed by atoms with van der Waals surface area (Å²) >= 11 is 0.932. The summed E-state index contributed by atoms with van der Waals surface area (Å²) in [7, 11) is 0. The standard InChI is InChI=1S/C12H11F3N6O3S/c1-6(9(22)17-10(16)23)25-11-18-19-20-21(11)7-2-4-8(5-3-7)24-12(13,14)15/h2-6H,1H3,(H3,16,17,22,23). The van der Waals surface area contributed by atoms with Crippen molar-refractivity contribution in [1.29, 1.82) is 0 Å². The molecule has 0 spiro atoms. The van der Waals surface area contributed by atoms with Crippen molar-refractivity contribution in [2.45, 2.75) is 23.7 Å². The number of nitrogens with two attached hydrogens (primary N) is 1. The third-order valence-corrected chi connectivity index (χ3v) is 3.69. The van der Waals surface area contributed by atoms with Crippen LogP contribution in [-0.2, 0) is 4.79 Å². The number of benzene rings is 1. The Balaban J connectivity index is 2.13. The zero-order valence-corrected chi connectivity index (χ0v) is 13.3. The van der Waals surface area contributed by atoms with Crippen LogP contribution in [0, 0.1) is 0 Å². The minimum atomic E-state index is -4.79. The number of halogens is 3. The first-order chi connectivity index (χ1) is 11.7. The summed E-state index contributed by atoms with van der Waals surface area (Å²) < 4.78 is 41.5. The maximum atomic E-state index is 12.2. The Kier molecular flexibility index (Phi) is 5.46. The number of amides is 3. The average Bonchev–Trinajstić information content (AvgIpc) is 2.93. The predicted molar refractivity (Wildman–Crippen MR) is 78.9 cm³/mol. The van der Waals surface area contributed by atoms with Crippen LogP contribution in [-0.4, -0.2) is 43.8 Å². The number of rotatable bonds is 5. The minimum absolute atomic E-state index is 0.191. The molecule has 0 radical (unpaired) electrons. The van der Waals surface area contributed by atoms with Crippen molar-refractivity contribution in [1.82, 2.24) is 25.5 Å². The second kappa shape index (κ2) is 7.38. The van der Waals surface area contributed by atoms with Crippen molar-refractivity contribution in [2.24, 2.45) is 5.73 Å². The van der Waals surface area contributed by atoms with Gasteiger partial charge < -0.3 is 10.5 Å². The maximum Gasteiger partial charge on any atom is 0.573 e.